The molecule has 0 unspecified atom stereocenters. The van der Waals surface area contributed by atoms with Crippen LogP contribution < -0.4 is 0 Å². The lowest BCUT2D eigenvalue weighted by Crippen LogP contribution is -2.16. The summed E-state index contributed by atoms with van der Waals surface area (Å²) in [6.45, 7) is 12.9. The SMILES string of the molecule is CC(C)(C)c1ccc2c(c1)c1ccccc1n2-c1cc(-c2nc(-c3ccccc3)nc(-c3ccccc3)n2)cc(-n2c3ccccc3c3cc(C(C)(C)C)ccc32)c1C(F)(F)F. The molecule has 0 saturated heterocycles. The van der Waals surface area contributed by atoms with Crippen LogP contribution >= 0.6 is 0 Å². The Labute approximate surface area is 358 Å². The van der Waals surface area contributed by atoms with Crippen LogP contribution in [0.15, 0.2) is 158 Å². The van der Waals surface area contributed by atoms with Gasteiger partial charge in [0.2, 0.25) is 0 Å². The van der Waals surface area contributed by atoms with E-state index in [0.29, 0.717) is 39.3 Å². The van der Waals surface area contributed by atoms with Crippen molar-refractivity contribution in [2.24, 2.45) is 0 Å². The van der Waals surface area contributed by atoms with Crippen LogP contribution in [0.3, 0.4) is 0 Å². The van der Waals surface area contributed by atoms with E-state index in [-0.39, 0.29) is 28.0 Å². The average Bonchev–Trinajstić information content (AvgIpc) is 3.78. The molecular formula is C54H44F3N5. The maximum atomic E-state index is 16.6. The van der Waals surface area contributed by atoms with Crippen molar-refractivity contribution in [2.75, 3.05) is 0 Å². The number of nitrogens with zero attached hydrogens (tertiary/aromatic N) is 5. The molecule has 62 heavy (non-hydrogen) atoms. The molecule has 0 aliphatic carbocycles. The van der Waals surface area contributed by atoms with Gasteiger partial charge in [0.25, 0.3) is 0 Å². The molecule has 8 heteroatoms. The highest BCUT2D eigenvalue weighted by Crippen LogP contribution is 2.47. The fourth-order valence-electron chi connectivity index (χ4n) is 8.72. The van der Waals surface area contributed by atoms with Crippen molar-refractivity contribution in [1.82, 2.24) is 24.1 Å². The lowest BCUT2D eigenvalue weighted by atomic mass is 9.86. The molecule has 3 heterocycles. The summed E-state index contributed by atoms with van der Waals surface area (Å²) in [4.78, 5) is 15.0. The molecule has 0 fully saturated rings. The molecule has 0 N–H and O–H groups in total. The van der Waals surface area contributed by atoms with E-state index >= 15 is 13.2 Å². The van der Waals surface area contributed by atoms with Crippen LogP contribution in [0.4, 0.5) is 13.2 Å². The van der Waals surface area contributed by atoms with Gasteiger partial charge in [0.05, 0.1) is 33.4 Å². The van der Waals surface area contributed by atoms with Crippen LogP contribution in [0, 0.1) is 0 Å². The maximum Gasteiger partial charge on any atom is 0.420 e. The number of hydrogen-bond donors (Lipinski definition) is 0. The largest absolute Gasteiger partial charge is 0.420 e. The minimum Gasteiger partial charge on any atom is -0.309 e. The van der Waals surface area contributed by atoms with Crippen molar-refractivity contribution in [2.45, 2.75) is 58.5 Å². The van der Waals surface area contributed by atoms with Gasteiger partial charge in [-0.25, -0.2) is 15.0 Å². The zero-order valence-electron chi connectivity index (χ0n) is 35.4. The summed E-state index contributed by atoms with van der Waals surface area (Å²) in [5.41, 5.74) is 5.55. The fraction of sp³-hybridized carbons (Fsp3) is 0.167. The molecule has 7 aromatic carbocycles. The standard InChI is InChI=1S/C54H44F3N5/c1-52(2,3)36-25-27-44-40(31-36)38-21-13-15-23-42(38)61(44)46-29-35(51-59-49(33-17-9-7-10-18-33)58-50(60-51)34-19-11-8-12-20-34)30-47(48(46)54(55,56)57)62-43-24-16-14-22-39(43)41-32-37(53(4,5)6)26-28-45(41)62/h7-32H,1-6H3. The van der Waals surface area contributed by atoms with Crippen LogP contribution in [0.25, 0.3) is 89.2 Å². The smallest absolute Gasteiger partial charge is 0.309 e. The van der Waals surface area contributed by atoms with Crippen molar-refractivity contribution in [3.05, 3.63) is 174 Å². The fourth-order valence-corrected chi connectivity index (χ4v) is 8.72. The van der Waals surface area contributed by atoms with E-state index in [1.165, 1.54) is 0 Å². The number of benzene rings is 7. The van der Waals surface area contributed by atoms with Crippen LogP contribution in [0.1, 0.15) is 58.2 Å². The minimum absolute atomic E-state index is 0.0279. The van der Waals surface area contributed by atoms with Gasteiger partial charge in [-0.05, 0) is 70.5 Å². The number of para-hydroxylation sites is 2. The molecule has 306 valence electrons. The minimum atomic E-state index is -4.81. The van der Waals surface area contributed by atoms with Crippen molar-refractivity contribution in [3.8, 4) is 45.5 Å². The van der Waals surface area contributed by atoms with Gasteiger partial charge in [0.1, 0.15) is 5.56 Å². The molecule has 10 rings (SSSR count). The predicted octanol–water partition coefficient (Wildman–Crippen LogP) is 14.7. The van der Waals surface area contributed by atoms with Crippen molar-refractivity contribution >= 4 is 43.6 Å². The van der Waals surface area contributed by atoms with E-state index in [1.54, 1.807) is 21.3 Å². The number of rotatable bonds is 5. The first-order chi connectivity index (χ1) is 29.6. The topological polar surface area (TPSA) is 48.5 Å². The first-order valence-corrected chi connectivity index (χ1v) is 20.9. The highest BCUT2D eigenvalue weighted by molar-refractivity contribution is 6.11. The third-order valence-corrected chi connectivity index (χ3v) is 11.9. The van der Waals surface area contributed by atoms with Gasteiger partial charge in [-0.15, -0.1) is 0 Å². The summed E-state index contributed by atoms with van der Waals surface area (Å²) in [5.74, 6) is 1.08. The molecule has 0 aliphatic heterocycles. The van der Waals surface area contributed by atoms with Gasteiger partial charge < -0.3 is 9.13 Å². The Morgan fingerprint density at radius 3 is 1.11 bits per heavy atom. The second-order valence-corrected chi connectivity index (χ2v) is 18.1. The molecule has 5 nitrogen and oxygen atoms in total. The molecule has 0 atom stereocenters. The highest BCUT2D eigenvalue weighted by Gasteiger charge is 2.40. The maximum absolute atomic E-state index is 16.6. The Kier molecular flexibility index (Phi) is 9.00. The monoisotopic (exact) mass is 819 g/mol. The molecular weight excluding hydrogens is 776 g/mol. The van der Waals surface area contributed by atoms with E-state index < -0.39 is 11.7 Å². The summed E-state index contributed by atoms with van der Waals surface area (Å²) < 4.78 is 53.3. The normalized spacial score (nSPS) is 12.6. The highest BCUT2D eigenvalue weighted by atomic mass is 19.4. The lowest BCUT2D eigenvalue weighted by molar-refractivity contribution is -0.137. The number of aromatic nitrogens is 5. The zero-order valence-corrected chi connectivity index (χ0v) is 35.4. The van der Waals surface area contributed by atoms with E-state index in [4.69, 9.17) is 15.0 Å². The predicted molar refractivity (Wildman–Crippen MR) is 247 cm³/mol. The average molecular weight is 820 g/mol. The van der Waals surface area contributed by atoms with Gasteiger partial charge in [-0.2, -0.15) is 13.2 Å². The second-order valence-electron chi connectivity index (χ2n) is 18.1. The summed E-state index contributed by atoms with van der Waals surface area (Å²) >= 11 is 0. The quantitative estimate of drug-likeness (QED) is 0.174. The number of alkyl halides is 3. The molecule has 0 bridgehead atoms. The zero-order chi connectivity index (χ0) is 43.1. The third-order valence-electron chi connectivity index (χ3n) is 11.9. The summed E-state index contributed by atoms with van der Waals surface area (Å²) in [7, 11) is 0. The van der Waals surface area contributed by atoms with Crippen molar-refractivity contribution in [1.29, 1.82) is 0 Å². The summed E-state index contributed by atoms with van der Waals surface area (Å²) in [5, 5.41) is 3.46. The van der Waals surface area contributed by atoms with Crippen LogP contribution in [-0.4, -0.2) is 24.1 Å². The van der Waals surface area contributed by atoms with E-state index in [1.807, 2.05) is 133 Å². The lowest BCUT2D eigenvalue weighted by Gasteiger charge is -2.23. The van der Waals surface area contributed by atoms with Gasteiger partial charge >= 0.3 is 6.18 Å². The van der Waals surface area contributed by atoms with Crippen LogP contribution in [0.2, 0.25) is 0 Å². The van der Waals surface area contributed by atoms with Crippen molar-refractivity contribution < 1.29 is 13.2 Å². The number of fused-ring (bicyclic) bond motifs is 6. The molecule has 3 aromatic heterocycles. The van der Waals surface area contributed by atoms with Gasteiger partial charge in [-0.3, -0.25) is 0 Å². The first-order valence-electron chi connectivity index (χ1n) is 20.9. The molecule has 0 aliphatic rings. The molecule has 0 saturated carbocycles. The Bertz CT molecular complexity index is 3140. The number of halogens is 3. The van der Waals surface area contributed by atoms with Gasteiger partial charge in [0.15, 0.2) is 17.5 Å². The van der Waals surface area contributed by atoms with E-state index in [9.17, 15) is 0 Å². The van der Waals surface area contributed by atoms with Crippen molar-refractivity contribution in [3.63, 3.8) is 0 Å². The van der Waals surface area contributed by atoms with E-state index in [2.05, 4.69) is 53.7 Å². The molecule has 0 radical (unpaired) electrons. The molecule has 0 spiro atoms. The first kappa shape index (κ1) is 39.1. The Morgan fingerprint density at radius 1 is 0.371 bits per heavy atom. The molecule has 0 amide bonds. The Morgan fingerprint density at radius 2 is 0.726 bits per heavy atom. The molecule has 10 aromatic rings. The van der Waals surface area contributed by atoms with Crippen LogP contribution in [-0.2, 0) is 17.0 Å². The summed E-state index contributed by atoms with van der Waals surface area (Å²) in [6.07, 6.45) is -4.81. The Hall–Kier alpha value is -7.06. The second kappa shape index (κ2) is 14.3. The van der Waals surface area contributed by atoms with Gasteiger partial charge in [-0.1, -0.05) is 151 Å². The number of hydrogen-bond acceptors (Lipinski definition) is 3. The third kappa shape index (κ3) is 6.61. The summed E-state index contributed by atoms with van der Waals surface area (Å²) in [6, 6.07) is 50.0. The van der Waals surface area contributed by atoms with Gasteiger partial charge in [0, 0.05) is 38.2 Å². The van der Waals surface area contributed by atoms with Crippen LogP contribution in [0.5, 0.6) is 0 Å². The van der Waals surface area contributed by atoms with E-state index in [0.717, 1.165) is 43.8 Å². The Balaban J connectivity index is 1.38.